The maximum absolute atomic E-state index is 8.54. The van der Waals surface area contributed by atoms with Crippen LogP contribution in [0.25, 0.3) is 5.65 Å². The van der Waals surface area contributed by atoms with Gasteiger partial charge in [-0.15, -0.1) is 0 Å². The summed E-state index contributed by atoms with van der Waals surface area (Å²) in [5, 5.41) is 12.6. The molecule has 0 aromatic carbocycles. The van der Waals surface area contributed by atoms with Crippen LogP contribution in [0.4, 0.5) is 0 Å². The zero-order valence-corrected chi connectivity index (χ0v) is 7.50. The van der Waals surface area contributed by atoms with E-state index in [1.54, 1.807) is 16.9 Å². The van der Waals surface area contributed by atoms with E-state index in [-0.39, 0.29) is 6.61 Å². The van der Waals surface area contributed by atoms with E-state index in [9.17, 15) is 0 Å². The number of hydrogen-bond acceptors (Lipinski definition) is 5. The summed E-state index contributed by atoms with van der Waals surface area (Å²) in [6, 6.07) is 0. The highest BCUT2D eigenvalue weighted by atomic mass is 16.5. The molecular weight excluding hydrogens is 184 g/mol. The molecule has 0 fully saturated rings. The van der Waals surface area contributed by atoms with Crippen molar-refractivity contribution >= 4 is 5.65 Å². The molecule has 2 rings (SSSR count). The minimum atomic E-state index is 0.0196. The molecule has 0 radical (unpaired) electrons. The number of nitrogens with zero attached hydrogens (tertiary/aromatic N) is 4. The van der Waals surface area contributed by atoms with Crippen LogP contribution in [0.5, 0.6) is 0 Å². The highest BCUT2D eigenvalue weighted by Crippen LogP contribution is 2.03. The van der Waals surface area contributed by atoms with Crippen LogP contribution in [0.1, 0.15) is 5.69 Å². The van der Waals surface area contributed by atoms with Gasteiger partial charge in [-0.05, 0) is 0 Å². The van der Waals surface area contributed by atoms with Crippen molar-refractivity contribution in [3.05, 3.63) is 24.4 Å². The number of rotatable bonds is 4. The number of aromatic nitrogens is 4. The van der Waals surface area contributed by atoms with Gasteiger partial charge in [-0.25, -0.2) is 14.5 Å². The molecular formula is C8H10N4O2. The van der Waals surface area contributed by atoms with Gasteiger partial charge in [-0.3, -0.25) is 0 Å². The average molecular weight is 194 g/mol. The Morgan fingerprint density at radius 3 is 3.21 bits per heavy atom. The van der Waals surface area contributed by atoms with E-state index in [1.165, 1.54) is 6.33 Å². The monoisotopic (exact) mass is 194 g/mol. The summed E-state index contributed by atoms with van der Waals surface area (Å²) in [6.07, 6.45) is 4.76. The Hall–Kier alpha value is -1.53. The molecule has 0 atom stereocenters. The van der Waals surface area contributed by atoms with Crippen LogP contribution in [0.15, 0.2) is 18.7 Å². The van der Waals surface area contributed by atoms with Gasteiger partial charge in [0, 0.05) is 0 Å². The van der Waals surface area contributed by atoms with Crippen molar-refractivity contribution in [1.29, 1.82) is 0 Å². The smallest absolute Gasteiger partial charge is 0.172 e. The zero-order chi connectivity index (χ0) is 9.80. The fourth-order valence-corrected chi connectivity index (χ4v) is 1.14. The van der Waals surface area contributed by atoms with E-state index in [0.29, 0.717) is 18.9 Å². The first-order valence-corrected chi connectivity index (χ1v) is 4.23. The number of aliphatic hydroxyl groups excluding tert-OH is 1. The molecule has 2 aromatic rings. The maximum atomic E-state index is 8.54. The maximum Gasteiger partial charge on any atom is 0.172 e. The van der Waals surface area contributed by atoms with Gasteiger partial charge in [0.1, 0.15) is 6.33 Å². The second-order valence-corrected chi connectivity index (χ2v) is 2.70. The molecule has 0 amide bonds. The van der Waals surface area contributed by atoms with Crippen molar-refractivity contribution in [2.45, 2.75) is 6.61 Å². The minimum Gasteiger partial charge on any atom is -0.394 e. The van der Waals surface area contributed by atoms with E-state index in [4.69, 9.17) is 9.84 Å². The lowest BCUT2D eigenvalue weighted by atomic mass is 10.5. The van der Waals surface area contributed by atoms with E-state index in [1.807, 2.05) is 0 Å². The number of hydrogen-bond donors (Lipinski definition) is 1. The summed E-state index contributed by atoms with van der Waals surface area (Å²) >= 11 is 0. The lowest BCUT2D eigenvalue weighted by molar-refractivity contribution is 0.0789. The van der Waals surface area contributed by atoms with Crippen LogP contribution in [0.3, 0.4) is 0 Å². The zero-order valence-electron chi connectivity index (χ0n) is 7.50. The standard InChI is InChI=1S/C8H10N4O2/c13-1-2-14-5-7-3-10-8-4-9-6-11-12(7)8/h3-4,6,13H,1-2,5H2. The second-order valence-electron chi connectivity index (χ2n) is 2.70. The third-order valence-corrected chi connectivity index (χ3v) is 1.74. The summed E-state index contributed by atoms with van der Waals surface area (Å²) in [5.41, 5.74) is 1.53. The molecule has 74 valence electrons. The Morgan fingerprint density at radius 1 is 1.43 bits per heavy atom. The van der Waals surface area contributed by atoms with Gasteiger partial charge in [-0.1, -0.05) is 0 Å². The number of ether oxygens (including phenoxy) is 1. The Balaban J connectivity index is 2.17. The number of aliphatic hydroxyl groups is 1. The second kappa shape index (κ2) is 4.12. The van der Waals surface area contributed by atoms with Crippen molar-refractivity contribution < 1.29 is 9.84 Å². The molecule has 14 heavy (non-hydrogen) atoms. The Kier molecular flexibility index (Phi) is 2.66. The van der Waals surface area contributed by atoms with Crippen molar-refractivity contribution in [1.82, 2.24) is 19.6 Å². The van der Waals surface area contributed by atoms with Crippen molar-refractivity contribution in [2.24, 2.45) is 0 Å². The van der Waals surface area contributed by atoms with Crippen molar-refractivity contribution in [2.75, 3.05) is 13.2 Å². The van der Waals surface area contributed by atoms with Gasteiger partial charge >= 0.3 is 0 Å². The van der Waals surface area contributed by atoms with Gasteiger partial charge in [0.05, 0.1) is 37.9 Å². The average Bonchev–Trinajstić information content (AvgIpc) is 2.63. The van der Waals surface area contributed by atoms with Crippen LogP contribution >= 0.6 is 0 Å². The topological polar surface area (TPSA) is 72.5 Å². The van der Waals surface area contributed by atoms with E-state index in [0.717, 1.165) is 5.69 Å². The highest BCUT2D eigenvalue weighted by Gasteiger charge is 2.02. The summed E-state index contributed by atoms with van der Waals surface area (Å²) in [7, 11) is 0. The van der Waals surface area contributed by atoms with Gasteiger partial charge in [-0.2, -0.15) is 5.10 Å². The fourth-order valence-electron chi connectivity index (χ4n) is 1.14. The Bertz CT molecular complexity index is 414. The van der Waals surface area contributed by atoms with Gasteiger partial charge in [0.15, 0.2) is 5.65 Å². The molecule has 6 heteroatoms. The van der Waals surface area contributed by atoms with Gasteiger partial charge < -0.3 is 9.84 Å². The van der Waals surface area contributed by atoms with E-state index < -0.39 is 0 Å². The van der Waals surface area contributed by atoms with E-state index >= 15 is 0 Å². The molecule has 1 N–H and O–H groups in total. The molecule has 0 aliphatic heterocycles. The van der Waals surface area contributed by atoms with Crippen molar-refractivity contribution in [3.63, 3.8) is 0 Å². The third kappa shape index (κ3) is 1.70. The quantitative estimate of drug-likeness (QED) is 0.672. The molecule has 0 spiro atoms. The first-order valence-electron chi connectivity index (χ1n) is 4.23. The fraction of sp³-hybridized carbons (Fsp3) is 0.375. The first kappa shape index (κ1) is 9.04. The first-order chi connectivity index (χ1) is 6.92. The molecule has 2 heterocycles. The van der Waals surface area contributed by atoms with Crippen LogP contribution in [-0.4, -0.2) is 37.9 Å². The predicted octanol–water partition coefficient (Wildman–Crippen LogP) is -0.367. The van der Waals surface area contributed by atoms with Gasteiger partial charge in [0.2, 0.25) is 0 Å². The molecule has 0 bridgehead atoms. The molecule has 6 nitrogen and oxygen atoms in total. The lowest BCUT2D eigenvalue weighted by Gasteiger charge is -2.00. The summed E-state index contributed by atoms with van der Waals surface area (Å²) < 4.78 is 6.82. The minimum absolute atomic E-state index is 0.0196. The van der Waals surface area contributed by atoms with Crippen LogP contribution in [0, 0.1) is 0 Å². The summed E-state index contributed by atoms with van der Waals surface area (Å²) in [6.45, 7) is 0.725. The van der Waals surface area contributed by atoms with Gasteiger partial charge in [0.25, 0.3) is 0 Å². The molecule has 0 unspecified atom stereocenters. The molecule has 0 saturated heterocycles. The van der Waals surface area contributed by atoms with Crippen LogP contribution < -0.4 is 0 Å². The van der Waals surface area contributed by atoms with Crippen LogP contribution in [0.2, 0.25) is 0 Å². The molecule has 0 aliphatic carbocycles. The Labute approximate surface area is 80.2 Å². The summed E-state index contributed by atoms with van der Waals surface area (Å²) in [4.78, 5) is 7.94. The molecule has 2 aromatic heterocycles. The number of fused-ring (bicyclic) bond motifs is 1. The molecule has 0 saturated carbocycles. The van der Waals surface area contributed by atoms with E-state index in [2.05, 4.69) is 15.1 Å². The normalized spacial score (nSPS) is 10.9. The Morgan fingerprint density at radius 2 is 2.36 bits per heavy atom. The van der Waals surface area contributed by atoms with Crippen molar-refractivity contribution in [3.8, 4) is 0 Å². The lowest BCUT2D eigenvalue weighted by Crippen LogP contribution is -2.03. The molecule has 0 aliphatic rings. The number of imidazole rings is 1. The summed E-state index contributed by atoms with van der Waals surface area (Å²) in [5.74, 6) is 0. The third-order valence-electron chi connectivity index (χ3n) is 1.74. The van der Waals surface area contributed by atoms with Crippen LogP contribution in [-0.2, 0) is 11.3 Å². The largest absolute Gasteiger partial charge is 0.394 e. The SMILES string of the molecule is OCCOCc1cnc2cncnn12. The predicted molar refractivity (Wildman–Crippen MR) is 47.5 cm³/mol. The highest BCUT2D eigenvalue weighted by molar-refractivity contribution is 5.34.